The molecule has 1 fully saturated rings. The maximum atomic E-state index is 12.6. The molecule has 0 unspecified atom stereocenters. The summed E-state index contributed by atoms with van der Waals surface area (Å²) in [4.78, 5) is 36.3. The summed E-state index contributed by atoms with van der Waals surface area (Å²) >= 11 is 0. The molecule has 6 nitrogen and oxygen atoms in total. The Morgan fingerprint density at radius 1 is 0.929 bits per heavy atom. The van der Waals surface area contributed by atoms with Crippen LogP contribution in [0.1, 0.15) is 41.6 Å². The number of aryl methyl sites for hydroxylation is 1. The lowest BCUT2D eigenvalue weighted by Gasteiger charge is -2.27. The lowest BCUT2D eigenvalue weighted by atomic mass is 9.78. The molecular formula is C22H24N2O4. The molecule has 3 N–H and O–H groups in total. The summed E-state index contributed by atoms with van der Waals surface area (Å²) in [6, 6.07) is 14.2. The van der Waals surface area contributed by atoms with Gasteiger partial charge in [-0.2, -0.15) is 0 Å². The van der Waals surface area contributed by atoms with Crippen molar-refractivity contribution in [3.63, 3.8) is 0 Å². The van der Waals surface area contributed by atoms with Gasteiger partial charge in [0.25, 0.3) is 5.91 Å². The summed E-state index contributed by atoms with van der Waals surface area (Å²) in [6.07, 6.45) is 2.84. The highest BCUT2D eigenvalue weighted by Crippen LogP contribution is 2.31. The molecule has 2 aromatic carbocycles. The second-order valence-corrected chi connectivity index (χ2v) is 7.17. The molecule has 28 heavy (non-hydrogen) atoms. The fraction of sp³-hybridized carbons (Fsp3) is 0.318. The van der Waals surface area contributed by atoms with Gasteiger partial charge < -0.3 is 15.7 Å². The highest BCUT2D eigenvalue weighted by atomic mass is 16.4. The van der Waals surface area contributed by atoms with Crippen LogP contribution in [0.25, 0.3) is 0 Å². The number of carboxylic acid groups (broad SMARTS) is 1. The van der Waals surface area contributed by atoms with E-state index in [4.69, 9.17) is 0 Å². The van der Waals surface area contributed by atoms with E-state index in [1.807, 2.05) is 13.0 Å². The van der Waals surface area contributed by atoms with E-state index in [9.17, 15) is 19.5 Å². The SMILES string of the molecule is Cc1cc(NC(=O)[C@H]2CCCC[C@@H]2C(=O)O)ccc1NC(=O)c1ccccc1. The largest absolute Gasteiger partial charge is 0.481 e. The van der Waals surface area contributed by atoms with Crippen LogP contribution in [-0.4, -0.2) is 22.9 Å². The molecule has 0 spiro atoms. The van der Waals surface area contributed by atoms with Gasteiger partial charge >= 0.3 is 5.97 Å². The average Bonchev–Trinajstić information content (AvgIpc) is 2.70. The van der Waals surface area contributed by atoms with Crippen LogP contribution in [-0.2, 0) is 9.59 Å². The van der Waals surface area contributed by atoms with Crippen molar-refractivity contribution in [2.45, 2.75) is 32.6 Å². The van der Waals surface area contributed by atoms with Crippen molar-refractivity contribution in [2.75, 3.05) is 10.6 Å². The van der Waals surface area contributed by atoms with Gasteiger partial charge in [-0.3, -0.25) is 14.4 Å². The molecule has 0 bridgehead atoms. The first-order valence-electron chi connectivity index (χ1n) is 9.46. The number of anilines is 2. The Kier molecular flexibility index (Phi) is 6.09. The summed E-state index contributed by atoms with van der Waals surface area (Å²) in [5.74, 6) is -2.50. The van der Waals surface area contributed by atoms with Crippen LogP contribution in [0.4, 0.5) is 11.4 Å². The van der Waals surface area contributed by atoms with E-state index in [-0.39, 0.29) is 11.8 Å². The Labute approximate surface area is 164 Å². The number of nitrogens with one attached hydrogen (secondary N) is 2. The number of hydrogen-bond donors (Lipinski definition) is 3. The normalized spacial score (nSPS) is 18.9. The van der Waals surface area contributed by atoms with Crippen molar-refractivity contribution >= 4 is 29.2 Å². The van der Waals surface area contributed by atoms with Crippen molar-refractivity contribution in [3.8, 4) is 0 Å². The Bertz CT molecular complexity index is 879. The van der Waals surface area contributed by atoms with E-state index in [1.165, 1.54) is 0 Å². The van der Waals surface area contributed by atoms with Gasteiger partial charge in [0.1, 0.15) is 0 Å². The van der Waals surface area contributed by atoms with Crippen LogP contribution >= 0.6 is 0 Å². The predicted octanol–water partition coefficient (Wildman–Crippen LogP) is 4.08. The van der Waals surface area contributed by atoms with Crippen LogP contribution in [0.15, 0.2) is 48.5 Å². The number of carboxylic acids is 1. The van der Waals surface area contributed by atoms with Crippen LogP contribution in [0.2, 0.25) is 0 Å². The third-order valence-electron chi connectivity index (χ3n) is 5.20. The third-order valence-corrected chi connectivity index (χ3v) is 5.20. The second-order valence-electron chi connectivity index (χ2n) is 7.17. The number of carbonyl (C=O) groups excluding carboxylic acids is 2. The number of amides is 2. The van der Waals surface area contributed by atoms with Crippen LogP contribution in [0.5, 0.6) is 0 Å². The van der Waals surface area contributed by atoms with Gasteiger partial charge in [-0.15, -0.1) is 0 Å². The topological polar surface area (TPSA) is 95.5 Å². The molecule has 1 aliphatic rings. The van der Waals surface area contributed by atoms with Gasteiger partial charge in [-0.25, -0.2) is 0 Å². The molecule has 0 aliphatic heterocycles. The number of hydrogen-bond acceptors (Lipinski definition) is 3. The minimum atomic E-state index is -0.907. The van der Waals surface area contributed by atoms with Gasteiger partial charge in [0.2, 0.25) is 5.91 Å². The molecule has 1 saturated carbocycles. The number of benzene rings is 2. The average molecular weight is 380 g/mol. The van der Waals surface area contributed by atoms with Gasteiger partial charge in [0.05, 0.1) is 11.8 Å². The Balaban J connectivity index is 1.67. The molecule has 0 heterocycles. The van der Waals surface area contributed by atoms with E-state index in [0.717, 1.165) is 18.4 Å². The molecule has 6 heteroatoms. The summed E-state index contributed by atoms with van der Waals surface area (Å²) in [6.45, 7) is 1.84. The maximum absolute atomic E-state index is 12.6. The molecule has 2 amide bonds. The minimum absolute atomic E-state index is 0.202. The number of aliphatic carboxylic acids is 1. The standard InChI is InChI=1S/C22H24N2O4/c1-14-13-16(23-21(26)17-9-5-6-10-18(17)22(27)28)11-12-19(14)24-20(25)15-7-3-2-4-8-15/h2-4,7-8,11-13,17-18H,5-6,9-10H2,1H3,(H,23,26)(H,24,25)(H,27,28)/t17-,18-/m0/s1. The molecule has 1 aliphatic carbocycles. The van der Waals surface area contributed by atoms with Crippen molar-refractivity contribution in [1.82, 2.24) is 0 Å². The molecule has 2 atom stereocenters. The first-order valence-corrected chi connectivity index (χ1v) is 9.46. The zero-order valence-corrected chi connectivity index (χ0v) is 15.8. The van der Waals surface area contributed by atoms with Gasteiger partial charge in [-0.1, -0.05) is 31.0 Å². The second kappa shape index (κ2) is 8.69. The summed E-state index contributed by atoms with van der Waals surface area (Å²) in [5.41, 5.74) is 2.62. The zero-order chi connectivity index (χ0) is 20.1. The Morgan fingerprint density at radius 3 is 2.25 bits per heavy atom. The van der Waals surface area contributed by atoms with Gasteiger partial charge in [-0.05, 0) is 55.7 Å². The van der Waals surface area contributed by atoms with Crippen molar-refractivity contribution in [1.29, 1.82) is 0 Å². The molecule has 0 radical (unpaired) electrons. The highest BCUT2D eigenvalue weighted by Gasteiger charge is 2.35. The van der Waals surface area contributed by atoms with Gasteiger partial charge in [0, 0.05) is 16.9 Å². The first kappa shape index (κ1) is 19.6. The minimum Gasteiger partial charge on any atom is -0.481 e. The van der Waals surface area contributed by atoms with Crippen LogP contribution < -0.4 is 10.6 Å². The van der Waals surface area contributed by atoms with Gasteiger partial charge in [0.15, 0.2) is 0 Å². The third kappa shape index (κ3) is 4.57. The van der Waals surface area contributed by atoms with E-state index in [0.29, 0.717) is 29.8 Å². The van der Waals surface area contributed by atoms with E-state index < -0.39 is 17.8 Å². The van der Waals surface area contributed by atoms with E-state index in [2.05, 4.69) is 10.6 Å². The fourth-order valence-corrected chi connectivity index (χ4v) is 3.64. The molecule has 3 rings (SSSR count). The molecule has 2 aromatic rings. The molecular weight excluding hydrogens is 356 g/mol. The lowest BCUT2D eigenvalue weighted by molar-refractivity contribution is -0.147. The lowest BCUT2D eigenvalue weighted by Crippen LogP contribution is -2.36. The zero-order valence-electron chi connectivity index (χ0n) is 15.8. The van der Waals surface area contributed by atoms with E-state index >= 15 is 0 Å². The van der Waals surface area contributed by atoms with Crippen molar-refractivity contribution < 1.29 is 19.5 Å². The predicted molar refractivity (Wildman–Crippen MR) is 107 cm³/mol. The van der Waals surface area contributed by atoms with Crippen molar-refractivity contribution in [3.05, 3.63) is 59.7 Å². The number of rotatable bonds is 5. The molecule has 0 saturated heterocycles. The van der Waals surface area contributed by atoms with Crippen molar-refractivity contribution in [2.24, 2.45) is 11.8 Å². The highest BCUT2D eigenvalue weighted by molar-refractivity contribution is 6.05. The van der Waals surface area contributed by atoms with Crippen LogP contribution in [0.3, 0.4) is 0 Å². The number of carbonyl (C=O) groups is 3. The van der Waals surface area contributed by atoms with E-state index in [1.54, 1.807) is 42.5 Å². The first-order chi connectivity index (χ1) is 13.5. The van der Waals surface area contributed by atoms with Crippen LogP contribution in [0, 0.1) is 18.8 Å². The Hall–Kier alpha value is -3.15. The quantitative estimate of drug-likeness (QED) is 0.728. The summed E-state index contributed by atoms with van der Waals surface area (Å²) in [7, 11) is 0. The smallest absolute Gasteiger partial charge is 0.307 e. The molecule has 146 valence electrons. The fourth-order valence-electron chi connectivity index (χ4n) is 3.64. The maximum Gasteiger partial charge on any atom is 0.307 e. The summed E-state index contributed by atoms with van der Waals surface area (Å²) < 4.78 is 0. The molecule has 0 aromatic heterocycles. The Morgan fingerprint density at radius 2 is 1.61 bits per heavy atom. The summed E-state index contributed by atoms with van der Waals surface area (Å²) in [5, 5.41) is 15.1. The monoisotopic (exact) mass is 380 g/mol.